The maximum Gasteiger partial charge on any atom is 0.0667 e. The van der Waals surface area contributed by atoms with Gasteiger partial charge in [0.1, 0.15) is 0 Å². The van der Waals surface area contributed by atoms with Crippen molar-refractivity contribution in [2.24, 2.45) is 5.73 Å². The lowest BCUT2D eigenvalue weighted by Gasteiger charge is -2.24. The smallest absolute Gasteiger partial charge is 0.0667 e. The molecule has 0 aliphatic heterocycles. The minimum Gasteiger partial charge on any atom is -0.318 e. The van der Waals surface area contributed by atoms with E-state index in [2.05, 4.69) is 43.2 Å². The molecule has 96 valence electrons. The molecule has 2 rings (SSSR count). The van der Waals surface area contributed by atoms with Crippen LogP contribution in [0.25, 0.3) is 0 Å². The molecule has 0 radical (unpaired) electrons. The molecular weight excluding hydrogens is 222 g/mol. The van der Waals surface area contributed by atoms with Crippen molar-refractivity contribution < 1.29 is 0 Å². The molecule has 2 N–H and O–H groups in total. The third-order valence-electron chi connectivity index (χ3n) is 3.34. The van der Waals surface area contributed by atoms with Gasteiger partial charge in [-0.1, -0.05) is 36.8 Å². The second-order valence-electron chi connectivity index (χ2n) is 5.06. The number of nitrogens with zero attached hydrogens (tertiary/aromatic N) is 2. The lowest BCUT2D eigenvalue weighted by molar-refractivity contribution is 0.586. The molecule has 0 saturated carbocycles. The van der Waals surface area contributed by atoms with E-state index in [9.17, 15) is 0 Å². The molecule has 1 aromatic carbocycles. The number of hydrogen-bond donors (Lipinski definition) is 1. The standard InChI is InChI=1S/C15H21N3/c1-4-9-18-11-14(10-17-18)15(3,16)13-7-5-12(2)6-8-13/h5-8,10-11H,4,9,16H2,1-3H3. The van der Waals surface area contributed by atoms with Crippen molar-refractivity contribution in [3.63, 3.8) is 0 Å². The molecule has 18 heavy (non-hydrogen) atoms. The van der Waals surface area contributed by atoms with E-state index >= 15 is 0 Å². The van der Waals surface area contributed by atoms with Crippen LogP contribution in [0.15, 0.2) is 36.7 Å². The monoisotopic (exact) mass is 243 g/mol. The Hall–Kier alpha value is -1.61. The van der Waals surface area contributed by atoms with Crippen molar-refractivity contribution in [2.75, 3.05) is 0 Å². The predicted molar refractivity (Wildman–Crippen MR) is 74.3 cm³/mol. The summed E-state index contributed by atoms with van der Waals surface area (Å²) in [5.41, 5.74) is 9.40. The van der Waals surface area contributed by atoms with Crippen molar-refractivity contribution in [2.45, 2.75) is 39.3 Å². The highest BCUT2D eigenvalue weighted by Crippen LogP contribution is 2.26. The minimum atomic E-state index is -0.486. The van der Waals surface area contributed by atoms with E-state index in [0.717, 1.165) is 24.1 Å². The van der Waals surface area contributed by atoms with Gasteiger partial charge in [0.15, 0.2) is 0 Å². The summed E-state index contributed by atoms with van der Waals surface area (Å²) in [6.07, 6.45) is 4.99. The fourth-order valence-corrected chi connectivity index (χ4v) is 2.05. The van der Waals surface area contributed by atoms with Crippen LogP contribution >= 0.6 is 0 Å². The summed E-state index contributed by atoms with van der Waals surface area (Å²) in [6.45, 7) is 7.19. The van der Waals surface area contributed by atoms with Gasteiger partial charge in [0.2, 0.25) is 0 Å². The van der Waals surface area contributed by atoms with E-state index in [1.165, 1.54) is 5.56 Å². The van der Waals surface area contributed by atoms with Crippen molar-refractivity contribution in [3.05, 3.63) is 53.3 Å². The Morgan fingerprint density at radius 2 is 1.89 bits per heavy atom. The summed E-state index contributed by atoms with van der Waals surface area (Å²) in [4.78, 5) is 0. The van der Waals surface area contributed by atoms with Crippen LogP contribution in [0.2, 0.25) is 0 Å². The van der Waals surface area contributed by atoms with Crippen molar-refractivity contribution >= 4 is 0 Å². The van der Waals surface area contributed by atoms with Gasteiger partial charge in [-0.15, -0.1) is 0 Å². The highest BCUT2D eigenvalue weighted by atomic mass is 15.3. The summed E-state index contributed by atoms with van der Waals surface area (Å²) in [5.74, 6) is 0. The Labute approximate surface area is 109 Å². The molecule has 1 atom stereocenters. The third-order valence-corrected chi connectivity index (χ3v) is 3.34. The molecule has 0 aliphatic rings. The zero-order chi connectivity index (χ0) is 13.2. The molecule has 1 heterocycles. The van der Waals surface area contributed by atoms with Crippen molar-refractivity contribution in [3.8, 4) is 0 Å². The number of benzene rings is 1. The Bertz CT molecular complexity index is 509. The number of aryl methyl sites for hydroxylation is 2. The second kappa shape index (κ2) is 4.94. The van der Waals surface area contributed by atoms with Gasteiger partial charge in [-0.25, -0.2) is 0 Å². The van der Waals surface area contributed by atoms with E-state index in [-0.39, 0.29) is 0 Å². The van der Waals surface area contributed by atoms with Crippen LogP contribution in [-0.4, -0.2) is 9.78 Å². The molecule has 0 amide bonds. The molecule has 1 unspecified atom stereocenters. The molecule has 0 fully saturated rings. The van der Waals surface area contributed by atoms with Gasteiger partial charge in [0.05, 0.1) is 11.7 Å². The van der Waals surface area contributed by atoms with Crippen LogP contribution in [0.5, 0.6) is 0 Å². The SMILES string of the molecule is CCCn1cc(C(C)(N)c2ccc(C)cc2)cn1. The topological polar surface area (TPSA) is 43.8 Å². The first-order valence-electron chi connectivity index (χ1n) is 6.43. The van der Waals surface area contributed by atoms with Gasteiger partial charge >= 0.3 is 0 Å². The molecule has 0 bridgehead atoms. The maximum atomic E-state index is 6.47. The van der Waals surface area contributed by atoms with Crippen LogP contribution in [-0.2, 0) is 12.1 Å². The minimum absolute atomic E-state index is 0.486. The average Bonchev–Trinajstić information content (AvgIpc) is 2.79. The van der Waals surface area contributed by atoms with Crippen LogP contribution in [0.3, 0.4) is 0 Å². The fourth-order valence-electron chi connectivity index (χ4n) is 2.05. The van der Waals surface area contributed by atoms with Gasteiger partial charge in [0, 0.05) is 18.3 Å². The summed E-state index contributed by atoms with van der Waals surface area (Å²) >= 11 is 0. The van der Waals surface area contributed by atoms with Gasteiger partial charge < -0.3 is 5.73 Å². The fraction of sp³-hybridized carbons (Fsp3) is 0.400. The van der Waals surface area contributed by atoms with Crippen LogP contribution in [0.4, 0.5) is 0 Å². The molecule has 3 heteroatoms. The largest absolute Gasteiger partial charge is 0.318 e. The maximum absolute atomic E-state index is 6.47. The Morgan fingerprint density at radius 1 is 1.22 bits per heavy atom. The number of aromatic nitrogens is 2. The molecule has 0 saturated heterocycles. The lowest BCUT2D eigenvalue weighted by atomic mass is 9.87. The van der Waals surface area contributed by atoms with Crippen molar-refractivity contribution in [1.82, 2.24) is 9.78 Å². The van der Waals surface area contributed by atoms with E-state index in [4.69, 9.17) is 5.73 Å². The zero-order valence-electron chi connectivity index (χ0n) is 11.4. The van der Waals surface area contributed by atoms with E-state index in [0.29, 0.717) is 0 Å². The van der Waals surface area contributed by atoms with Crippen LogP contribution < -0.4 is 5.73 Å². The van der Waals surface area contributed by atoms with Crippen molar-refractivity contribution in [1.29, 1.82) is 0 Å². The van der Waals surface area contributed by atoms with Gasteiger partial charge in [-0.2, -0.15) is 5.10 Å². The van der Waals surface area contributed by atoms with Crippen LogP contribution in [0.1, 0.15) is 37.0 Å². The van der Waals surface area contributed by atoms with E-state index in [1.807, 2.05) is 24.0 Å². The van der Waals surface area contributed by atoms with E-state index in [1.54, 1.807) is 0 Å². The third kappa shape index (κ3) is 2.46. The first-order chi connectivity index (χ1) is 8.54. The number of hydrogen-bond acceptors (Lipinski definition) is 2. The highest BCUT2D eigenvalue weighted by molar-refractivity contribution is 5.36. The molecule has 3 nitrogen and oxygen atoms in total. The first kappa shape index (κ1) is 12.8. The van der Waals surface area contributed by atoms with Gasteiger partial charge in [-0.05, 0) is 25.8 Å². The highest BCUT2D eigenvalue weighted by Gasteiger charge is 2.25. The molecule has 0 spiro atoms. The number of rotatable bonds is 4. The normalized spacial score (nSPS) is 14.4. The summed E-state index contributed by atoms with van der Waals surface area (Å²) in [5, 5.41) is 4.35. The zero-order valence-corrected chi connectivity index (χ0v) is 11.4. The predicted octanol–water partition coefficient (Wildman–Crippen LogP) is 2.82. The molecule has 2 aromatic rings. The first-order valence-corrected chi connectivity index (χ1v) is 6.43. The van der Waals surface area contributed by atoms with E-state index < -0.39 is 5.54 Å². The molecule has 0 aliphatic carbocycles. The average molecular weight is 243 g/mol. The Kier molecular flexibility index (Phi) is 3.53. The van der Waals surface area contributed by atoms with Gasteiger partial charge in [0.25, 0.3) is 0 Å². The molecular formula is C15H21N3. The number of nitrogens with two attached hydrogens (primary N) is 1. The summed E-state index contributed by atoms with van der Waals surface area (Å²) in [6, 6.07) is 8.37. The lowest BCUT2D eigenvalue weighted by Crippen LogP contribution is -2.33. The van der Waals surface area contributed by atoms with Crippen LogP contribution in [0, 0.1) is 6.92 Å². The molecule has 1 aromatic heterocycles. The quantitative estimate of drug-likeness (QED) is 0.897. The summed E-state index contributed by atoms with van der Waals surface area (Å²) in [7, 11) is 0. The second-order valence-corrected chi connectivity index (χ2v) is 5.06. The summed E-state index contributed by atoms with van der Waals surface area (Å²) < 4.78 is 1.95. The Balaban J connectivity index is 2.31. The van der Waals surface area contributed by atoms with Gasteiger partial charge in [-0.3, -0.25) is 4.68 Å². The Morgan fingerprint density at radius 3 is 2.50 bits per heavy atom.